The van der Waals surface area contributed by atoms with Gasteiger partial charge in [0.2, 0.25) is 0 Å². The molecule has 108 valence electrons. The number of rotatable bonds is 4. The van der Waals surface area contributed by atoms with Crippen molar-refractivity contribution in [3.63, 3.8) is 0 Å². The second-order valence-electron chi connectivity index (χ2n) is 5.60. The molecule has 5 heteroatoms. The Kier molecular flexibility index (Phi) is 4.16. The summed E-state index contributed by atoms with van der Waals surface area (Å²) in [6.07, 6.45) is 3.61. The molecule has 2 aliphatic carbocycles. The summed E-state index contributed by atoms with van der Waals surface area (Å²) in [7, 11) is 1.30. The lowest BCUT2D eigenvalue weighted by atomic mass is 9.60. The number of carbonyl (C=O) groups is 1. The van der Waals surface area contributed by atoms with Crippen molar-refractivity contribution in [3.05, 3.63) is 11.3 Å². The topological polar surface area (TPSA) is 87.0 Å². The molecule has 0 radical (unpaired) electrons. The molecule has 19 heavy (non-hydrogen) atoms. The molecule has 1 fully saturated rings. The highest BCUT2D eigenvalue weighted by atomic mass is 16.5. The molecule has 2 aliphatic rings. The molecule has 0 unspecified atom stereocenters. The van der Waals surface area contributed by atoms with Gasteiger partial charge in [-0.15, -0.1) is 0 Å². The summed E-state index contributed by atoms with van der Waals surface area (Å²) in [5, 5.41) is 29.7. The summed E-state index contributed by atoms with van der Waals surface area (Å²) in [5.41, 5.74) is -0.616. The van der Waals surface area contributed by atoms with Crippen LogP contribution in [0.5, 0.6) is 0 Å². The Hall–Kier alpha value is -1.07. The SMILES string of the molecule is COC(=O)C1=C(O)C[C@@]2(O)CCC[C@@H]1[C@@H]2CCCO. The maximum absolute atomic E-state index is 11.8. The molecule has 3 N–H and O–H groups in total. The molecule has 3 atom stereocenters. The fraction of sp³-hybridized carbons (Fsp3) is 0.786. The highest BCUT2D eigenvalue weighted by Gasteiger charge is 2.51. The molecule has 0 aromatic heterocycles. The van der Waals surface area contributed by atoms with Gasteiger partial charge in [0.25, 0.3) is 0 Å². The molecule has 0 aromatic carbocycles. The van der Waals surface area contributed by atoms with E-state index >= 15 is 0 Å². The van der Waals surface area contributed by atoms with E-state index in [0.717, 1.165) is 12.8 Å². The minimum absolute atomic E-state index is 0.0284. The van der Waals surface area contributed by atoms with Crippen molar-refractivity contribution in [1.82, 2.24) is 0 Å². The van der Waals surface area contributed by atoms with Crippen LogP contribution in [0.2, 0.25) is 0 Å². The number of aliphatic hydroxyl groups excluding tert-OH is 2. The van der Waals surface area contributed by atoms with Crippen LogP contribution in [0, 0.1) is 11.8 Å². The normalized spacial score (nSPS) is 34.3. The van der Waals surface area contributed by atoms with Crippen LogP contribution in [-0.4, -0.2) is 40.6 Å². The summed E-state index contributed by atoms with van der Waals surface area (Å²) < 4.78 is 4.75. The number of hydrogen-bond acceptors (Lipinski definition) is 5. The number of carbonyl (C=O) groups excluding carboxylic acids is 1. The molecular weight excluding hydrogens is 248 g/mol. The van der Waals surface area contributed by atoms with E-state index in [1.165, 1.54) is 7.11 Å². The third-order valence-electron chi connectivity index (χ3n) is 4.53. The summed E-state index contributed by atoms with van der Waals surface area (Å²) in [4.78, 5) is 11.8. The smallest absolute Gasteiger partial charge is 0.337 e. The van der Waals surface area contributed by atoms with Crippen LogP contribution in [0.3, 0.4) is 0 Å². The van der Waals surface area contributed by atoms with E-state index in [-0.39, 0.29) is 30.6 Å². The average molecular weight is 270 g/mol. The number of hydrogen-bond donors (Lipinski definition) is 3. The van der Waals surface area contributed by atoms with Crippen LogP contribution in [0.1, 0.15) is 38.5 Å². The van der Waals surface area contributed by atoms with Crippen LogP contribution in [-0.2, 0) is 9.53 Å². The van der Waals surface area contributed by atoms with E-state index in [4.69, 9.17) is 9.84 Å². The van der Waals surface area contributed by atoms with Gasteiger partial charge in [0, 0.05) is 13.0 Å². The van der Waals surface area contributed by atoms with Crippen molar-refractivity contribution in [2.45, 2.75) is 44.1 Å². The van der Waals surface area contributed by atoms with Crippen LogP contribution < -0.4 is 0 Å². The molecule has 5 nitrogen and oxygen atoms in total. The predicted octanol–water partition coefficient (Wildman–Crippen LogP) is 1.30. The summed E-state index contributed by atoms with van der Waals surface area (Å²) >= 11 is 0. The van der Waals surface area contributed by atoms with Gasteiger partial charge < -0.3 is 20.1 Å². The van der Waals surface area contributed by atoms with Gasteiger partial charge in [-0.3, -0.25) is 0 Å². The Labute approximate surface area is 112 Å². The molecule has 0 spiro atoms. The Morgan fingerprint density at radius 3 is 2.89 bits per heavy atom. The van der Waals surface area contributed by atoms with Gasteiger partial charge in [-0.25, -0.2) is 4.79 Å². The zero-order valence-electron chi connectivity index (χ0n) is 11.3. The second kappa shape index (κ2) is 5.51. The largest absolute Gasteiger partial charge is 0.512 e. The van der Waals surface area contributed by atoms with E-state index in [2.05, 4.69) is 0 Å². The summed E-state index contributed by atoms with van der Waals surface area (Å²) in [5.74, 6) is -0.773. The number of aliphatic hydroxyl groups is 3. The molecule has 0 saturated heterocycles. The number of ether oxygens (including phenoxy) is 1. The summed E-state index contributed by atoms with van der Waals surface area (Å²) in [6, 6.07) is 0. The highest BCUT2D eigenvalue weighted by Crippen LogP contribution is 2.51. The summed E-state index contributed by atoms with van der Waals surface area (Å²) in [6.45, 7) is 0.0720. The van der Waals surface area contributed by atoms with E-state index < -0.39 is 11.6 Å². The van der Waals surface area contributed by atoms with Gasteiger partial charge in [0.15, 0.2) is 0 Å². The standard InChI is InChI=1S/C14H22O5/c1-19-13(17)12-9-4-2-6-14(18,8-11(12)16)10(9)5-3-7-15/h9-10,15-16,18H,2-8H2,1H3/t9-,10+,14+/m1/s1. The lowest BCUT2D eigenvalue weighted by Crippen LogP contribution is -2.50. The monoisotopic (exact) mass is 270 g/mol. The van der Waals surface area contributed by atoms with Crippen molar-refractivity contribution in [2.24, 2.45) is 11.8 Å². The van der Waals surface area contributed by atoms with Crippen LogP contribution in [0.4, 0.5) is 0 Å². The molecule has 0 amide bonds. The van der Waals surface area contributed by atoms with Gasteiger partial charge in [-0.1, -0.05) is 0 Å². The van der Waals surface area contributed by atoms with Crippen molar-refractivity contribution >= 4 is 5.97 Å². The van der Waals surface area contributed by atoms with Crippen molar-refractivity contribution in [1.29, 1.82) is 0 Å². The van der Waals surface area contributed by atoms with Gasteiger partial charge in [-0.2, -0.15) is 0 Å². The Bertz CT molecular complexity index is 389. The first-order valence-electron chi connectivity index (χ1n) is 6.87. The molecule has 1 saturated carbocycles. The number of methoxy groups -OCH3 is 1. The molecule has 0 heterocycles. The Morgan fingerprint density at radius 1 is 1.53 bits per heavy atom. The van der Waals surface area contributed by atoms with E-state index in [1.54, 1.807) is 0 Å². The van der Waals surface area contributed by atoms with E-state index in [1.807, 2.05) is 0 Å². The van der Waals surface area contributed by atoms with Crippen LogP contribution in [0.15, 0.2) is 11.3 Å². The van der Waals surface area contributed by atoms with Gasteiger partial charge in [0.1, 0.15) is 5.76 Å². The maximum atomic E-state index is 11.8. The van der Waals surface area contributed by atoms with Gasteiger partial charge >= 0.3 is 5.97 Å². The fourth-order valence-electron chi connectivity index (χ4n) is 3.71. The fourth-order valence-corrected chi connectivity index (χ4v) is 3.71. The zero-order valence-corrected chi connectivity index (χ0v) is 11.3. The first kappa shape index (κ1) is 14.3. The predicted molar refractivity (Wildman–Crippen MR) is 68.4 cm³/mol. The third-order valence-corrected chi connectivity index (χ3v) is 4.53. The molecular formula is C14H22O5. The van der Waals surface area contributed by atoms with Crippen molar-refractivity contribution < 1.29 is 24.9 Å². The Balaban J connectivity index is 2.33. The van der Waals surface area contributed by atoms with Crippen molar-refractivity contribution in [2.75, 3.05) is 13.7 Å². The zero-order chi connectivity index (χ0) is 14.0. The van der Waals surface area contributed by atoms with Crippen LogP contribution >= 0.6 is 0 Å². The second-order valence-corrected chi connectivity index (χ2v) is 5.60. The first-order chi connectivity index (χ1) is 9.03. The Morgan fingerprint density at radius 2 is 2.26 bits per heavy atom. The average Bonchev–Trinajstić information content (AvgIpc) is 2.36. The minimum atomic E-state index is -0.945. The third kappa shape index (κ3) is 2.49. The first-order valence-corrected chi connectivity index (χ1v) is 6.87. The molecule has 0 aliphatic heterocycles. The lowest BCUT2D eigenvalue weighted by Gasteiger charge is -2.48. The number of fused-ring (bicyclic) bond motifs is 2. The molecule has 2 rings (SSSR count). The van der Waals surface area contributed by atoms with E-state index in [0.29, 0.717) is 24.8 Å². The highest BCUT2D eigenvalue weighted by molar-refractivity contribution is 5.90. The van der Waals surface area contributed by atoms with Gasteiger partial charge in [0.05, 0.1) is 18.3 Å². The molecule has 0 aromatic rings. The van der Waals surface area contributed by atoms with Crippen LogP contribution in [0.25, 0.3) is 0 Å². The lowest BCUT2D eigenvalue weighted by molar-refractivity contribution is -0.140. The van der Waals surface area contributed by atoms with E-state index in [9.17, 15) is 15.0 Å². The minimum Gasteiger partial charge on any atom is -0.512 e. The number of esters is 1. The maximum Gasteiger partial charge on any atom is 0.337 e. The van der Waals surface area contributed by atoms with Gasteiger partial charge in [-0.05, 0) is 43.9 Å². The van der Waals surface area contributed by atoms with Crippen molar-refractivity contribution in [3.8, 4) is 0 Å². The molecule has 2 bridgehead atoms. The quantitative estimate of drug-likeness (QED) is 0.670.